The Morgan fingerprint density at radius 3 is 2.28 bits per heavy atom. The van der Waals surface area contributed by atoms with E-state index < -0.39 is 0 Å². The molecule has 1 heteroatoms. The maximum atomic E-state index is 3.42. The van der Waals surface area contributed by atoms with Crippen molar-refractivity contribution < 1.29 is 0 Å². The van der Waals surface area contributed by atoms with Crippen LogP contribution in [0.4, 0.5) is 5.69 Å². The third kappa shape index (κ3) is 2.55. The zero-order valence-corrected chi connectivity index (χ0v) is 10.8. The normalized spacial score (nSPS) is 11.0. The first-order valence-corrected chi connectivity index (χ1v) is 6.36. The first-order valence-electron chi connectivity index (χ1n) is 6.36. The maximum Gasteiger partial charge on any atom is 0.0502 e. The van der Waals surface area contributed by atoms with Crippen LogP contribution in [-0.2, 0) is 6.54 Å². The van der Waals surface area contributed by atoms with Gasteiger partial charge in [0.15, 0.2) is 0 Å². The summed E-state index contributed by atoms with van der Waals surface area (Å²) < 4.78 is 0. The minimum Gasteiger partial charge on any atom is -0.380 e. The zero-order chi connectivity index (χ0) is 12.8. The van der Waals surface area contributed by atoms with E-state index in [1.807, 2.05) is 38.1 Å². The standard InChI is InChI=1S/C15H11N.C2H6/c1-2-7-14-11-16-15-8-4-3-6-13(15)10-9-12(14)5-1;1-2/h1-8,16H,11H2;1-2H3. The second-order valence-electron chi connectivity index (χ2n) is 3.81. The molecular weight excluding hydrogens is 218 g/mol. The van der Waals surface area contributed by atoms with Gasteiger partial charge in [-0.25, -0.2) is 0 Å². The molecule has 1 N–H and O–H groups in total. The summed E-state index contributed by atoms with van der Waals surface area (Å²) in [6, 6.07) is 16.4. The van der Waals surface area contributed by atoms with E-state index in [-0.39, 0.29) is 0 Å². The number of rotatable bonds is 0. The number of hydrogen-bond acceptors (Lipinski definition) is 1. The minimum atomic E-state index is 0.835. The van der Waals surface area contributed by atoms with E-state index in [2.05, 4.69) is 41.4 Å². The fraction of sp³-hybridized carbons (Fsp3) is 0.176. The van der Waals surface area contributed by atoms with Crippen LogP contribution in [0.5, 0.6) is 0 Å². The van der Waals surface area contributed by atoms with Gasteiger partial charge in [0.25, 0.3) is 0 Å². The quantitative estimate of drug-likeness (QED) is 0.680. The Balaban J connectivity index is 0.000000574. The molecule has 2 aromatic rings. The van der Waals surface area contributed by atoms with Gasteiger partial charge in [0, 0.05) is 17.7 Å². The highest BCUT2D eigenvalue weighted by Crippen LogP contribution is 2.18. The summed E-state index contributed by atoms with van der Waals surface area (Å²) in [4.78, 5) is 0. The van der Waals surface area contributed by atoms with Crippen molar-refractivity contribution >= 4 is 5.69 Å². The van der Waals surface area contributed by atoms with Gasteiger partial charge >= 0.3 is 0 Å². The van der Waals surface area contributed by atoms with Crippen LogP contribution < -0.4 is 5.32 Å². The van der Waals surface area contributed by atoms with E-state index >= 15 is 0 Å². The molecule has 0 radical (unpaired) electrons. The predicted octanol–water partition coefficient (Wildman–Crippen LogP) is 4.04. The third-order valence-electron chi connectivity index (χ3n) is 2.75. The molecule has 1 aliphatic heterocycles. The van der Waals surface area contributed by atoms with Gasteiger partial charge in [0.1, 0.15) is 0 Å². The SMILES string of the molecule is C1#Cc2ccccc2NCc2ccccc21.CC. The Kier molecular flexibility index (Phi) is 4.04. The lowest BCUT2D eigenvalue weighted by atomic mass is 10.0. The number of benzene rings is 2. The molecule has 0 aliphatic carbocycles. The molecule has 1 heterocycles. The van der Waals surface area contributed by atoms with E-state index in [1.54, 1.807) is 0 Å². The Hall–Kier alpha value is -2.20. The molecule has 0 bridgehead atoms. The van der Waals surface area contributed by atoms with Crippen molar-refractivity contribution in [1.82, 2.24) is 0 Å². The second-order valence-corrected chi connectivity index (χ2v) is 3.81. The molecule has 18 heavy (non-hydrogen) atoms. The van der Waals surface area contributed by atoms with Gasteiger partial charge in [0.05, 0.1) is 5.69 Å². The Morgan fingerprint density at radius 2 is 1.44 bits per heavy atom. The van der Waals surface area contributed by atoms with Crippen LogP contribution in [-0.4, -0.2) is 0 Å². The summed E-state index contributed by atoms with van der Waals surface area (Å²) in [6.45, 7) is 4.84. The fourth-order valence-electron chi connectivity index (χ4n) is 1.87. The molecule has 2 aromatic carbocycles. The number of hydrogen-bond donors (Lipinski definition) is 1. The fourth-order valence-corrected chi connectivity index (χ4v) is 1.87. The summed E-state index contributed by atoms with van der Waals surface area (Å²) in [6.07, 6.45) is 0. The van der Waals surface area contributed by atoms with Gasteiger partial charge in [-0.1, -0.05) is 56.0 Å². The number of fused-ring (bicyclic) bond motifs is 2. The molecule has 3 rings (SSSR count). The average Bonchev–Trinajstić information content (AvgIpc) is 2.44. The van der Waals surface area contributed by atoms with Crippen LogP contribution in [0.1, 0.15) is 30.5 Å². The number of anilines is 1. The molecular formula is C17H17N. The van der Waals surface area contributed by atoms with Crippen molar-refractivity contribution in [3.63, 3.8) is 0 Å². The number of nitrogens with one attached hydrogen (secondary N) is 1. The van der Waals surface area contributed by atoms with Gasteiger partial charge in [-0.2, -0.15) is 0 Å². The first kappa shape index (κ1) is 12.3. The highest BCUT2D eigenvalue weighted by Gasteiger charge is 2.04. The van der Waals surface area contributed by atoms with Gasteiger partial charge in [0.2, 0.25) is 0 Å². The highest BCUT2D eigenvalue weighted by molar-refractivity contribution is 5.62. The highest BCUT2D eigenvalue weighted by atomic mass is 14.9. The van der Waals surface area contributed by atoms with Crippen molar-refractivity contribution in [1.29, 1.82) is 0 Å². The van der Waals surface area contributed by atoms with Crippen molar-refractivity contribution in [3.8, 4) is 11.8 Å². The van der Waals surface area contributed by atoms with Crippen LogP contribution in [0.3, 0.4) is 0 Å². The summed E-state index contributed by atoms with van der Waals surface area (Å²) in [5.74, 6) is 6.44. The minimum absolute atomic E-state index is 0.835. The van der Waals surface area contributed by atoms with E-state index in [0.29, 0.717) is 0 Å². The Morgan fingerprint density at radius 1 is 0.833 bits per heavy atom. The van der Waals surface area contributed by atoms with Crippen LogP contribution in [0.2, 0.25) is 0 Å². The maximum absolute atomic E-state index is 3.42. The van der Waals surface area contributed by atoms with Crippen molar-refractivity contribution in [2.24, 2.45) is 0 Å². The average molecular weight is 235 g/mol. The third-order valence-corrected chi connectivity index (χ3v) is 2.75. The van der Waals surface area contributed by atoms with Gasteiger partial charge in [-0.05, 0) is 23.8 Å². The summed E-state index contributed by atoms with van der Waals surface area (Å²) in [5.41, 5.74) is 4.55. The van der Waals surface area contributed by atoms with Gasteiger partial charge < -0.3 is 5.32 Å². The monoisotopic (exact) mass is 235 g/mol. The molecule has 0 amide bonds. The van der Waals surface area contributed by atoms with Gasteiger partial charge in [-0.3, -0.25) is 0 Å². The first-order chi connectivity index (χ1) is 8.93. The second kappa shape index (κ2) is 5.93. The Labute approximate surface area is 109 Å². The summed E-state index contributed by atoms with van der Waals surface area (Å²) in [5, 5.41) is 3.42. The van der Waals surface area contributed by atoms with Crippen LogP contribution in [0.15, 0.2) is 48.5 Å². The van der Waals surface area contributed by atoms with Crippen LogP contribution in [0, 0.1) is 11.8 Å². The molecule has 1 aliphatic rings. The molecule has 0 aromatic heterocycles. The smallest absolute Gasteiger partial charge is 0.0502 e. The molecule has 0 saturated carbocycles. The van der Waals surface area contributed by atoms with Crippen molar-refractivity contribution in [2.75, 3.05) is 5.32 Å². The number of para-hydroxylation sites is 1. The molecule has 0 atom stereocenters. The predicted molar refractivity (Wildman–Crippen MR) is 77.5 cm³/mol. The van der Waals surface area contributed by atoms with E-state index in [0.717, 1.165) is 23.4 Å². The summed E-state index contributed by atoms with van der Waals surface area (Å²) >= 11 is 0. The van der Waals surface area contributed by atoms with Crippen molar-refractivity contribution in [3.05, 3.63) is 65.2 Å². The molecule has 90 valence electrons. The molecule has 0 unspecified atom stereocenters. The van der Waals surface area contributed by atoms with Crippen LogP contribution in [0.25, 0.3) is 0 Å². The summed E-state index contributed by atoms with van der Waals surface area (Å²) in [7, 11) is 0. The van der Waals surface area contributed by atoms with Gasteiger partial charge in [-0.15, -0.1) is 0 Å². The molecule has 1 nitrogen and oxygen atoms in total. The van der Waals surface area contributed by atoms with Crippen molar-refractivity contribution in [2.45, 2.75) is 20.4 Å². The zero-order valence-electron chi connectivity index (χ0n) is 10.8. The van der Waals surface area contributed by atoms with Crippen LogP contribution >= 0.6 is 0 Å². The lowest BCUT2D eigenvalue weighted by Crippen LogP contribution is -2.04. The van der Waals surface area contributed by atoms with E-state index in [4.69, 9.17) is 0 Å². The molecule has 0 spiro atoms. The lowest BCUT2D eigenvalue weighted by Gasteiger charge is -2.12. The largest absolute Gasteiger partial charge is 0.380 e. The Bertz CT molecular complexity index is 536. The topological polar surface area (TPSA) is 12.0 Å². The van der Waals surface area contributed by atoms with E-state index in [9.17, 15) is 0 Å². The molecule has 0 saturated heterocycles. The van der Waals surface area contributed by atoms with E-state index in [1.165, 1.54) is 5.56 Å². The lowest BCUT2D eigenvalue weighted by molar-refractivity contribution is 1.13. The molecule has 0 fully saturated rings.